The molecule has 0 aliphatic rings. The Balaban J connectivity index is 0.971. The van der Waals surface area contributed by atoms with E-state index < -0.39 is 0 Å². The molecular weight excluding hydrogens is 799 g/mol. The van der Waals surface area contributed by atoms with Gasteiger partial charge < -0.3 is 9.32 Å². The minimum absolute atomic E-state index is 0.849. The Labute approximate surface area is 382 Å². The van der Waals surface area contributed by atoms with Gasteiger partial charge in [0.15, 0.2) is 5.58 Å². The number of benzene rings is 12. The van der Waals surface area contributed by atoms with Gasteiger partial charge in [0.25, 0.3) is 0 Å². The van der Waals surface area contributed by atoms with Gasteiger partial charge in [-0.15, -0.1) is 0 Å². The lowest BCUT2D eigenvalue weighted by Gasteiger charge is -2.27. The van der Waals surface area contributed by atoms with Gasteiger partial charge in [-0.3, -0.25) is 0 Å². The average molecular weight is 840 g/mol. The fraction of sp³-hybridized carbons (Fsp3) is 0. The van der Waals surface area contributed by atoms with E-state index in [2.05, 4.69) is 254 Å². The van der Waals surface area contributed by atoms with E-state index in [0.29, 0.717) is 0 Å². The number of furan rings is 1. The van der Waals surface area contributed by atoms with E-state index in [4.69, 9.17) is 4.42 Å². The minimum atomic E-state index is 0.849. The second-order valence-electron chi connectivity index (χ2n) is 17.3. The van der Waals surface area contributed by atoms with Crippen LogP contribution in [0, 0.1) is 0 Å². The van der Waals surface area contributed by atoms with Crippen LogP contribution in [0.15, 0.2) is 253 Å². The summed E-state index contributed by atoms with van der Waals surface area (Å²) in [6, 6.07) is 90.3. The summed E-state index contributed by atoms with van der Waals surface area (Å²) >= 11 is 0. The fourth-order valence-corrected chi connectivity index (χ4v) is 10.1. The van der Waals surface area contributed by atoms with Gasteiger partial charge in [0.2, 0.25) is 0 Å². The van der Waals surface area contributed by atoms with Gasteiger partial charge in [-0.1, -0.05) is 194 Å². The molecule has 308 valence electrons. The number of anilines is 3. The maximum absolute atomic E-state index is 7.05. The quantitative estimate of drug-likeness (QED) is 0.149. The van der Waals surface area contributed by atoms with Crippen molar-refractivity contribution < 1.29 is 4.42 Å². The molecule has 1 heterocycles. The molecule has 2 heteroatoms. The molecule has 2 nitrogen and oxygen atoms in total. The van der Waals surface area contributed by atoms with Crippen molar-refractivity contribution in [3.05, 3.63) is 249 Å². The zero-order chi connectivity index (χ0) is 43.6. The summed E-state index contributed by atoms with van der Waals surface area (Å²) in [4.78, 5) is 2.38. The monoisotopic (exact) mass is 839 g/mol. The molecule has 0 saturated heterocycles. The molecule has 1 aromatic heterocycles. The third-order valence-electron chi connectivity index (χ3n) is 13.4. The Kier molecular flexibility index (Phi) is 8.89. The van der Waals surface area contributed by atoms with Crippen molar-refractivity contribution in [1.82, 2.24) is 0 Å². The van der Waals surface area contributed by atoms with E-state index in [1.54, 1.807) is 0 Å². The lowest BCUT2D eigenvalue weighted by atomic mass is 9.92. The van der Waals surface area contributed by atoms with Gasteiger partial charge in [-0.25, -0.2) is 0 Å². The van der Waals surface area contributed by atoms with Crippen molar-refractivity contribution in [3.8, 4) is 44.5 Å². The first-order valence-electron chi connectivity index (χ1n) is 22.6. The summed E-state index contributed by atoms with van der Waals surface area (Å²) in [5.41, 5.74) is 14.2. The molecule has 0 amide bonds. The Hall–Kier alpha value is -8.72. The van der Waals surface area contributed by atoms with Crippen LogP contribution in [0.3, 0.4) is 0 Å². The predicted octanol–water partition coefficient (Wildman–Crippen LogP) is 18.3. The molecule has 13 aromatic rings. The van der Waals surface area contributed by atoms with E-state index in [9.17, 15) is 0 Å². The van der Waals surface area contributed by atoms with Crippen molar-refractivity contribution in [2.75, 3.05) is 4.90 Å². The molecule has 66 heavy (non-hydrogen) atoms. The van der Waals surface area contributed by atoms with Crippen LogP contribution in [-0.2, 0) is 0 Å². The van der Waals surface area contributed by atoms with Crippen LogP contribution in [0.4, 0.5) is 17.1 Å². The molecule has 0 unspecified atom stereocenters. The van der Waals surface area contributed by atoms with Crippen LogP contribution in [0.25, 0.3) is 110 Å². The lowest BCUT2D eigenvalue weighted by molar-refractivity contribution is 0.673. The molecule has 0 radical (unpaired) electrons. The molecule has 0 aliphatic carbocycles. The molecule has 0 saturated carbocycles. The highest BCUT2D eigenvalue weighted by Gasteiger charge is 2.22. The molecule has 0 aliphatic heterocycles. The van der Waals surface area contributed by atoms with Crippen LogP contribution in [0.1, 0.15) is 0 Å². The SMILES string of the molecule is c1ccc(-c2cc(-c3ccc4ccccc4c3)cc(N(c3ccc(-c4ccc(-c5cc6ccccc6c6ccccc56)cc4)cc3)c3cccc4c3oc3c5ccccc5ccc43)c2)cc1. The first kappa shape index (κ1) is 37.8. The summed E-state index contributed by atoms with van der Waals surface area (Å²) in [6.45, 7) is 0. The molecule has 0 atom stereocenters. The number of fused-ring (bicyclic) bond motifs is 9. The second-order valence-corrected chi connectivity index (χ2v) is 17.3. The van der Waals surface area contributed by atoms with Crippen LogP contribution in [0.5, 0.6) is 0 Å². The number of hydrogen-bond donors (Lipinski definition) is 0. The number of nitrogens with zero attached hydrogens (tertiary/aromatic N) is 1. The van der Waals surface area contributed by atoms with Gasteiger partial charge in [-0.2, -0.15) is 0 Å². The maximum atomic E-state index is 7.05. The zero-order valence-electron chi connectivity index (χ0n) is 36.0. The fourth-order valence-electron chi connectivity index (χ4n) is 10.1. The van der Waals surface area contributed by atoms with Gasteiger partial charge >= 0.3 is 0 Å². The van der Waals surface area contributed by atoms with Crippen LogP contribution >= 0.6 is 0 Å². The number of para-hydroxylation sites is 1. The summed E-state index contributed by atoms with van der Waals surface area (Å²) in [7, 11) is 0. The predicted molar refractivity (Wildman–Crippen MR) is 280 cm³/mol. The van der Waals surface area contributed by atoms with E-state index in [1.165, 1.54) is 43.4 Å². The Bertz CT molecular complexity index is 3980. The smallest absolute Gasteiger partial charge is 0.159 e. The van der Waals surface area contributed by atoms with Crippen LogP contribution in [0.2, 0.25) is 0 Å². The third kappa shape index (κ3) is 6.42. The van der Waals surface area contributed by atoms with Gasteiger partial charge in [0.1, 0.15) is 5.58 Å². The molecule has 0 fully saturated rings. The minimum Gasteiger partial charge on any atom is -0.453 e. The Morgan fingerprint density at radius 2 is 0.788 bits per heavy atom. The molecule has 0 bridgehead atoms. The summed E-state index contributed by atoms with van der Waals surface area (Å²) in [6.07, 6.45) is 0. The maximum Gasteiger partial charge on any atom is 0.159 e. The standard InChI is InChI=1S/C64H41NO/c1-2-13-42(14-3-1)51-38-52(49-30-27-43-15-4-5-17-48(43)37-49)40-54(39-51)65(62-24-12-23-59-60-36-33-46-16-6-9-20-56(46)63(60)66-64(59)62)53-34-31-45(32-35-53)44-25-28-47(29-26-44)61-41-50-18-7-8-19-55(50)57-21-10-11-22-58(57)61/h1-41H. The van der Waals surface area contributed by atoms with E-state index in [-0.39, 0.29) is 0 Å². The highest BCUT2D eigenvalue weighted by molar-refractivity contribution is 6.18. The van der Waals surface area contributed by atoms with E-state index in [1.807, 2.05) is 0 Å². The number of hydrogen-bond acceptors (Lipinski definition) is 2. The molecule has 0 N–H and O–H groups in total. The van der Waals surface area contributed by atoms with E-state index in [0.717, 1.165) is 83.2 Å². The van der Waals surface area contributed by atoms with Crippen molar-refractivity contribution in [1.29, 1.82) is 0 Å². The zero-order valence-corrected chi connectivity index (χ0v) is 36.0. The van der Waals surface area contributed by atoms with Crippen molar-refractivity contribution in [2.45, 2.75) is 0 Å². The van der Waals surface area contributed by atoms with Gasteiger partial charge in [-0.05, 0) is 137 Å². The van der Waals surface area contributed by atoms with Crippen LogP contribution in [-0.4, -0.2) is 0 Å². The van der Waals surface area contributed by atoms with Crippen LogP contribution < -0.4 is 4.90 Å². The van der Waals surface area contributed by atoms with E-state index >= 15 is 0 Å². The second kappa shape index (κ2) is 15.5. The normalized spacial score (nSPS) is 11.6. The molecule has 13 rings (SSSR count). The topological polar surface area (TPSA) is 16.4 Å². The first-order valence-corrected chi connectivity index (χ1v) is 22.6. The molecule has 0 spiro atoms. The molecule has 12 aromatic carbocycles. The highest BCUT2D eigenvalue weighted by atomic mass is 16.3. The molecular formula is C64H41NO. The summed E-state index contributed by atoms with van der Waals surface area (Å²) in [5.74, 6) is 0. The Morgan fingerprint density at radius 3 is 1.58 bits per heavy atom. The number of rotatable bonds is 7. The third-order valence-corrected chi connectivity index (χ3v) is 13.4. The van der Waals surface area contributed by atoms with Crippen molar-refractivity contribution in [2.24, 2.45) is 0 Å². The Morgan fingerprint density at radius 1 is 0.242 bits per heavy atom. The highest BCUT2D eigenvalue weighted by Crippen LogP contribution is 2.46. The summed E-state index contributed by atoms with van der Waals surface area (Å²) in [5, 5.41) is 12.0. The average Bonchev–Trinajstić information content (AvgIpc) is 3.79. The largest absolute Gasteiger partial charge is 0.453 e. The van der Waals surface area contributed by atoms with Crippen molar-refractivity contribution in [3.63, 3.8) is 0 Å². The van der Waals surface area contributed by atoms with Crippen molar-refractivity contribution >= 4 is 82.1 Å². The van der Waals surface area contributed by atoms with Gasteiger partial charge in [0.05, 0.1) is 5.69 Å². The summed E-state index contributed by atoms with van der Waals surface area (Å²) < 4.78 is 7.05. The first-order chi connectivity index (χ1) is 32.7. The van der Waals surface area contributed by atoms with Gasteiger partial charge in [0, 0.05) is 27.5 Å². The lowest BCUT2D eigenvalue weighted by Crippen LogP contribution is -2.10.